The maximum Gasteiger partial charge on any atom is 0.393 e. The van der Waals surface area contributed by atoms with E-state index in [0.717, 1.165) is 0 Å². The van der Waals surface area contributed by atoms with Crippen molar-refractivity contribution in [3.63, 3.8) is 0 Å². The Bertz CT molecular complexity index is 485. The number of carbonyl (C=O) groups excluding carboxylic acids is 1. The monoisotopic (exact) mass is 290 g/mol. The fourth-order valence-electron chi connectivity index (χ4n) is 2.38. The number of aromatic nitrogens is 2. The van der Waals surface area contributed by atoms with Gasteiger partial charge >= 0.3 is 6.18 Å². The van der Waals surface area contributed by atoms with Crippen molar-refractivity contribution in [2.24, 2.45) is 18.7 Å². The van der Waals surface area contributed by atoms with Crippen LogP contribution in [0.5, 0.6) is 0 Å². The first kappa shape index (κ1) is 14.8. The summed E-state index contributed by atoms with van der Waals surface area (Å²) in [4.78, 5) is 13.4. The quantitative estimate of drug-likeness (QED) is 0.890. The van der Waals surface area contributed by atoms with E-state index >= 15 is 0 Å². The van der Waals surface area contributed by atoms with Crippen LogP contribution >= 0.6 is 0 Å². The van der Waals surface area contributed by atoms with Gasteiger partial charge in [0.25, 0.3) is 0 Å². The van der Waals surface area contributed by atoms with E-state index in [0.29, 0.717) is 18.5 Å². The van der Waals surface area contributed by atoms with Crippen LogP contribution in [0.4, 0.5) is 13.2 Å². The minimum Gasteiger partial charge on any atom is -0.340 e. The number of amides is 1. The second kappa shape index (κ2) is 5.43. The highest BCUT2D eigenvalue weighted by molar-refractivity contribution is 5.83. The number of hydrogen-bond donors (Lipinski definition) is 1. The molecule has 112 valence electrons. The van der Waals surface area contributed by atoms with Crippen molar-refractivity contribution in [2.75, 3.05) is 13.1 Å². The lowest BCUT2D eigenvalue weighted by Gasteiger charge is -2.34. The Morgan fingerprint density at radius 2 is 2.25 bits per heavy atom. The van der Waals surface area contributed by atoms with E-state index in [1.807, 2.05) is 0 Å². The largest absolute Gasteiger partial charge is 0.393 e. The van der Waals surface area contributed by atoms with Crippen molar-refractivity contribution < 1.29 is 18.0 Å². The minimum absolute atomic E-state index is 0.0649. The maximum absolute atomic E-state index is 12.7. The van der Waals surface area contributed by atoms with Gasteiger partial charge in [0.2, 0.25) is 5.91 Å². The summed E-state index contributed by atoms with van der Waals surface area (Å²) in [6.07, 6.45) is -0.816. The van der Waals surface area contributed by atoms with Gasteiger partial charge in [-0.3, -0.25) is 9.48 Å². The predicted octanol–water partition coefficient (Wildman–Crippen LogP) is 1.22. The minimum atomic E-state index is -4.27. The van der Waals surface area contributed by atoms with Crippen LogP contribution in [0.25, 0.3) is 0 Å². The molecule has 0 spiro atoms. The number of alkyl halides is 3. The Morgan fingerprint density at radius 3 is 2.80 bits per heavy atom. The summed E-state index contributed by atoms with van der Waals surface area (Å²) in [6.45, 7) is 0.00959. The molecular weight excluding hydrogens is 273 g/mol. The summed E-state index contributed by atoms with van der Waals surface area (Å²) in [7, 11) is 1.68. The molecule has 2 rings (SSSR count). The molecule has 0 aromatic carbocycles. The van der Waals surface area contributed by atoms with Gasteiger partial charge in [-0.1, -0.05) is 0 Å². The Hall–Kier alpha value is -1.57. The van der Waals surface area contributed by atoms with E-state index in [4.69, 9.17) is 5.73 Å². The Labute approximate surface area is 114 Å². The molecule has 2 atom stereocenters. The smallest absolute Gasteiger partial charge is 0.340 e. The van der Waals surface area contributed by atoms with Crippen molar-refractivity contribution in [3.05, 3.63) is 18.0 Å². The fraction of sp³-hybridized carbons (Fsp3) is 0.667. The zero-order chi connectivity index (χ0) is 14.9. The summed E-state index contributed by atoms with van der Waals surface area (Å²) in [5.74, 6) is -1.94. The van der Waals surface area contributed by atoms with Gasteiger partial charge in [0.15, 0.2) is 0 Å². The molecule has 2 N–H and O–H groups in total. The van der Waals surface area contributed by atoms with E-state index in [1.165, 1.54) is 15.8 Å². The highest BCUT2D eigenvalue weighted by Crippen LogP contribution is 2.33. The van der Waals surface area contributed by atoms with Gasteiger partial charge in [0, 0.05) is 31.9 Å². The van der Waals surface area contributed by atoms with Crippen LogP contribution < -0.4 is 5.73 Å². The van der Waals surface area contributed by atoms with Gasteiger partial charge in [-0.2, -0.15) is 18.3 Å². The van der Waals surface area contributed by atoms with Gasteiger partial charge in [0.1, 0.15) is 6.04 Å². The molecule has 1 aromatic heterocycles. The first-order valence-corrected chi connectivity index (χ1v) is 6.38. The summed E-state index contributed by atoms with van der Waals surface area (Å²) < 4.78 is 39.7. The molecular formula is C12H17F3N4O. The van der Waals surface area contributed by atoms with E-state index in [-0.39, 0.29) is 13.0 Å². The number of carbonyl (C=O) groups is 1. The Morgan fingerprint density at radius 1 is 1.55 bits per heavy atom. The van der Waals surface area contributed by atoms with E-state index in [9.17, 15) is 18.0 Å². The number of aryl methyl sites for hydroxylation is 1. The third-order valence-corrected chi connectivity index (χ3v) is 3.55. The summed E-state index contributed by atoms with van der Waals surface area (Å²) >= 11 is 0. The van der Waals surface area contributed by atoms with E-state index < -0.39 is 24.0 Å². The van der Waals surface area contributed by atoms with Gasteiger partial charge in [-0.25, -0.2) is 0 Å². The Kier molecular flexibility index (Phi) is 4.03. The van der Waals surface area contributed by atoms with Crippen LogP contribution in [0, 0.1) is 5.92 Å². The molecule has 1 saturated heterocycles. The molecule has 5 nitrogen and oxygen atoms in total. The second-order valence-corrected chi connectivity index (χ2v) is 5.09. The zero-order valence-electron chi connectivity index (χ0n) is 11.1. The van der Waals surface area contributed by atoms with Gasteiger partial charge in [0.05, 0.1) is 12.1 Å². The van der Waals surface area contributed by atoms with Crippen LogP contribution in [0.2, 0.25) is 0 Å². The first-order valence-electron chi connectivity index (χ1n) is 6.38. The molecule has 0 radical (unpaired) electrons. The Balaban J connectivity index is 2.05. The second-order valence-electron chi connectivity index (χ2n) is 5.09. The molecule has 1 amide bonds. The van der Waals surface area contributed by atoms with E-state index in [2.05, 4.69) is 5.10 Å². The first-order chi connectivity index (χ1) is 9.29. The summed E-state index contributed by atoms with van der Waals surface area (Å²) in [6, 6.07) is -0.962. The number of nitrogens with two attached hydrogens (primary N) is 1. The van der Waals surface area contributed by atoms with Gasteiger partial charge < -0.3 is 10.6 Å². The molecule has 0 bridgehead atoms. The number of nitrogens with zero attached hydrogens (tertiary/aromatic N) is 3. The lowest BCUT2D eigenvalue weighted by Crippen LogP contribution is -2.47. The lowest BCUT2D eigenvalue weighted by molar-refractivity contribution is -0.188. The normalized spacial score (nSPS) is 21.9. The SMILES string of the molecule is Cn1cc(C(N)C(=O)N2CCCC(C(F)(F)F)C2)cn1. The van der Waals surface area contributed by atoms with Gasteiger partial charge in [-0.05, 0) is 12.8 Å². The zero-order valence-corrected chi connectivity index (χ0v) is 11.1. The van der Waals surface area contributed by atoms with Crippen LogP contribution in [-0.2, 0) is 11.8 Å². The molecule has 0 aliphatic carbocycles. The number of rotatable bonds is 2. The van der Waals surface area contributed by atoms with Crippen molar-refractivity contribution >= 4 is 5.91 Å². The molecule has 2 heterocycles. The molecule has 20 heavy (non-hydrogen) atoms. The number of halogens is 3. The maximum atomic E-state index is 12.7. The van der Waals surface area contributed by atoms with Crippen LogP contribution in [-0.4, -0.2) is 39.9 Å². The van der Waals surface area contributed by atoms with Crippen LogP contribution in [0.1, 0.15) is 24.4 Å². The van der Waals surface area contributed by atoms with Crippen molar-refractivity contribution in [3.8, 4) is 0 Å². The highest BCUT2D eigenvalue weighted by atomic mass is 19.4. The number of likely N-dealkylation sites (tertiary alicyclic amines) is 1. The average molecular weight is 290 g/mol. The molecule has 1 aliphatic rings. The predicted molar refractivity (Wildman–Crippen MR) is 65.5 cm³/mol. The molecule has 1 fully saturated rings. The van der Waals surface area contributed by atoms with Crippen molar-refractivity contribution in [2.45, 2.75) is 25.1 Å². The fourth-order valence-corrected chi connectivity index (χ4v) is 2.38. The number of hydrogen-bond acceptors (Lipinski definition) is 3. The lowest BCUT2D eigenvalue weighted by atomic mass is 9.96. The van der Waals surface area contributed by atoms with Crippen molar-refractivity contribution in [1.29, 1.82) is 0 Å². The number of piperidine rings is 1. The third kappa shape index (κ3) is 3.12. The third-order valence-electron chi connectivity index (χ3n) is 3.55. The summed E-state index contributed by atoms with van der Waals surface area (Å²) in [5, 5.41) is 3.91. The molecule has 1 aromatic rings. The molecule has 2 unspecified atom stereocenters. The van der Waals surface area contributed by atoms with Crippen molar-refractivity contribution in [1.82, 2.24) is 14.7 Å². The molecule has 8 heteroatoms. The van der Waals surface area contributed by atoms with E-state index in [1.54, 1.807) is 13.2 Å². The highest BCUT2D eigenvalue weighted by Gasteiger charge is 2.43. The van der Waals surface area contributed by atoms with Crippen LogP contribution in [0.3, 0.4) is 0 Å². The molecule has 0 saturated carbocycles. The van der Waals surface area contributed by atoms with Gasteiger partial charge in [-0.15, -0.1) is 0 Å². The standard InChI is InChI=1S/C12H17F3N4O/c1-18-6-8(5-17-18)10(16)11(20)19-4-2-3-9(7-19)12(13,14)15/h5-6,9-10H,2-4,7,16H2,1H3. The molecule has 1 aliphatic heterocycles. The summed E-state index contributed by atoms with van der Waals surface area (Å²) in [5.41, 5.74) is 6.32. The van der Waals surface area contributed by atoms with Crippen LogP contribution in [0.15, 0.2) is 12.4 Å². The average Bonchev–Trinajstić information content (AvgIpc) is 2.83. The topological polar surface area (TPSA) is 64.2 Å².